The number of hydrogen-bond acceptors (Lipinski definition) is 5. The summed E-state index contributed by atoms with van der Waals surface area (Å²) in [7, 11) is 0. The van der Waals surface area contributed by atoms with E-state index in [4.69, 9.17) is 10.8 Å². The lowest BCUT2D eigenvalue weighted by Gasteiger charge is -2.13. The van der Waals surface area contributed by atoms with E-state index in [9.17, 15) is 14.9 Å². The van der Waals surface area contributed by atoms with Gasteiger partial charge in [-0.1, -0.05) is 18.2 Å². The predicted molar refractivity (Wildman–Crippen MR) is 73.1 cm³/mol. The maximum atomic E-state index is 12.1. The van der Waals surface area contributed by atoms with Gasteiger partial charge >= 0.3 is 0 Å². The molecule has 106 valence electrons. The van der Waals surface area contributed by atoms with Gasteiger partial charge in [0.05, 0.1) is 10.5 Å². The van der Waals surface area contributed by atoms with Gasteiger partial charge in [-0.15, -0.1) is 0 Å². The Morgan fingerprint density at radius 2 is 2.25 bits per heavy atom. The van der Waals surface area contributed by atoms with Crippen LogP contribution in [0.25, 0.3) is 0 Å². The first-order valence-corrected chi connectivity index (χ1v) is 6.16. The Hall–Kier alpha value is -2.41. The molecule has 0 spiro atoms. The molecule has 0 bridgehead atoms. The Balaban J connectivity index is 2.13. The first kappa shape index (κ1) is 14.0. The number of nitrogen functional groups attached to an aromatic ring is 1. The van der Waals surface area contributed by atoms with E-state index in [0.717, 1.165) is 0 Å². The molecular formula is C13H15N3O4. The topological polar surface area (TPSA) is 118 Å². The number of benzene rings is 1. The van der Waals surface area contributed by atoms with Crippen LogP contribution in [-0.4, -0.2) is 28.6 Å². The van der Waals surface area contributed by atoms with E-state index in [1.165, 1.54) is 18.2 Å². The third-order valence-electron chi connectivity index (χ3n) is 3.25. The highest BCUT2D eigenvalue weighted by molar-refractivity contribution is 6.01. The van der Waals surface area contributed by atoms with Crippen LogP contribution >= 0.6 is 0 Å². The maximum Gasteiger partial charge on any atom is 0.292 e. The number of hydrogen-bond donors (Lipinski definition) is 3. The zero-order valence-corrected chi connectivity index (χ0v) is 10.7. The molecule has 20 heavy (non-hydrogen) atoms. The third-order valence-corrected chi connectivity index (χ3v) is 3.25. The number of nitrogens with zero attached hydrogens (tertiary/aromatic N) is 1. The van der Waals surface area contributed by atoms with Crippen LogP contribution < -0.4 is 11.1 Å². The second-order valence-corrected chi connectivity index (χ2v) is 4.64. The van der Waals surface area contributed by atoms with E-state index < -0.39 is 10.8 Å². The smallest absolute Gasteiger partial charge is 0.292 e. The molecule has 2 atom stereocenters. The fourth-order valence-electron chi connectivity index (χ4n) is 2.17. The minimum Gasteiger partial charge on any atom is -0.396 e. The van der Waals surface area contributed by atoms with Crippen LogP contribution in [0.4, 0.5) is 11.4 Å². The number of nitrogens with two attached hydrogens (primary N) is 1. The van der Waals surface area contributed by atoms with Crippen molar-refractivity contribution in [2.24, 2.45) is 5.92 Å². The van der Waals surface area contributed by atoms with Crippen molar-refractivity contribution >= 4 is 17.3 Å². The number of nitrogens with one attached hydrogen (secondary N) is 1. The molecular weight excluding hydrogens is 262 g/mol. The van der Waals surface area contributed by atoms with Gasteiger partial charge in [-0.3, -0.25) is 14.9 Å². The van der Waals surface area contributed by atoms with Gasteiger partial charge < -0.3 is 16.2 Å². The van der Waals surface area contributed by atoms with E-state index in [1.54, 1.807) is 6.08 Å². The lowest BCUT2D eigenvalue weighted by molar-refractivity contribution is -0.383. The summed E-state index contributed by atoms with van der Waals surface area (Å²) in [6, 6.07) is 3.92. The Labute approximate surface area is 115 Å². The summed E-state index contributed by atoms with van der Waals surface area (Å²) in [6.45, 7) is 0.0296. The van der Waals surface area contributed by atoms with Gasteiger partial charge in [0.1, 0.15) is 5.69 Å². The molecule has 7 nitrogen and oxygen atoms in total. The number of carbonyl (C=O) groups excluding carboxylic acids is 1. The Morgan fingerprint density at radius 1 is 1.50 bits per heavy atom. The number of para-hydroxylation sites is 1. The van der Waals surface area contributed by atoms with E-state index in [-0.39, 0.29) is 35.5 Å². The second kappa shape index (κ2) is 5.70. The van der Waals surface area contributed by atoms with Gasteiger partial charge in [0.15, 0.2) is 0 Å². The number of anilines is 1. The van der Waals surface area contributed by atoms with E-state index in [1.807, 2.05) is 6.08 Å². The van der Waals surface area contributed by atoms with Crippen LogP contribution in [0.5, 0.6) is 0 Å². The average molecular weight is 277 g/mol. The molecule has 1 aromatic carbocycles. The number of amides is 1. The molecule has 0 fully saturated rings. The zero-order valence-electron chi connectivity index (χ0n) is 10.7. The molecule has 0 heterocycles. The standard InChI is InChI=1S/C13H15N3O4/c14-12-10(2-1-3-11(12)16(19)20)13(18)15-9-5-4-8(6-9)7-17/h1-5,8-9,17H,6-7,14H2,(H,15,18)/t8-,9+/m0/s1. The predicted octanol–water partition coefficient (Wildman–Crippen LogP) is 0.844. The number of nitro groups is 1. The minimum absolute atomic E-state index is 0.0296. The summed E-state index contributed by atoms with van der Waals surface area (Å²) >= 11 is 0. The van der Waals surface area contributed by atoms with Crippen LogP contribution in [0.15, 0.2) is 30.4 Å². The van der Waals surface area contributed by atoms with Crippen molar-refractivity contribution in [3.8, 4) is 0 Å². The molecule has 0 aromatic heterocycles. The molecule has 4 N–H and O–H groups in total. The highest BCUT2D eigenvalue weighted by atomic mass is 16.6. The number of carbonyl (C=O) groups is 1. The van der Waals surface area contributed by atoms with Crippen molar-refractivity contribution in [2.75, 3.05) is 12.3 Å². The highest BCUT2D eigenvalue weighted by Gasteiger charge is 2.23. The fraction of sp³-hybridized carbons (Fsp3) is 0.308. The molecule has 1 aliphatic carbocycles. The van der Waals surface area contributed by atoms with Crippen molar-refractivity contribution in [1.29, 1.82) is 0 Å². The molecule has 0 radical (unpaired) electrons. The average Bonchev–Trinajstić information content (AvgIpc) is 2.86. The van der Waals surface area contributed by atoms with Crippen molar-refractivity contribution in [2.45, 2.75) is 12.5 Å². The second-order valence-electron chi connectivity index (χ2n) is 4.64. The first-order chi connectivity index (χ1) is 9.52. The van der Waals surface area contributed by atoms with Gasteiger partial charge in [-0.25, -0.2) is 0 Å². The molecule has 0 unspecified atom stereocenters. The monoisotopic (exact) mass is 277 g/mol. The first-order valence-electron chi connectivity index (χ1n) is 6.16. The van der Waals surface area contributed by atoms with Gasteiger partial charge in [0, 0.05) is 24.6 Å². The summed E-state index contributed by atoms with van der Waals surface area (Å²) in [6.07, 6.45) is 4.24. The van der Waals surface area contributed by atoms with Crippen LogP contribution in [0, 0.1) is 16.0 Å². The van der Waals surface area contributed by atoms with Gasteiger partial charge in [-0.2, -0.15) is 0 Å². The molecule has 0 aliphatic heterocycles. The molecule has 0 saturated heterocycles. The SMILES string of the molecule is Nc1c(C(=O)N[C@@H]2C=C[C@H](CO)C2)cccc1[N+](=O)[O-]. The largest absolute Gasteiger partial charge is 0.396 e. The van der Waals surface area contributed by atoms with Crippen LogP contribution in [-0.2, 0) is 0 Å². The lowest BCUT2D eigenvalue weighted by atomic mass is 10.1. The number of aliphatic hydroxyl groups is 1. The van der Waals surface area contributed by atoms with Gasteiger partial charge in [-0.05, 0) is 12.5 Å². The zero-order chi connectivity index (χ0) is 14.7. The van der Waals surface area contributed by atoms with Crippen LogP contribution in [0.1, 0.15) is 16.8 Å². The number of nitro benzene ring substituents is 1. The molecule has 1 aromatic rings. The summed E-state index contributed by atoms with van der Waals surface area (Å²) in [4.78, 5) is 22.2. The summed E-state index contributed by atoms with van der Waals surface area (Å²) < 4.78 is 0. The molecule has 7 heteroatoms. The van der Waals surface area contributed by atoms with Crippen molar-refractivity contribution in [3.05, 3.63) is 46.0 Å². The number of rotatable bonds is 4. The minimum atomic E-state index is -0.622. The maximum absolute atomic E-state index is 12.1. The molecule has 2 rings (SSSR count). The fourth-order valence-corrected chi connectivity index (χ4v) is 2.17. The van der Waals surface area contributed by atoms with Crippen LogP contribution in [0.3, 0.4) is 0 Å². The summed E-state index contributed by atoms with van der Waals surface area (Å²) in [5.41, 5.74) is 5.31. The highest BCUT2D eigenvalue weighted by Crippen LogP contribution is 2.25. The normalized spacial score (nSPS) is 20.9. The van der Waals surface area contributed by atoms with E-state index in [2.05, 4.69) is 5.32 Å². The van der Waals surface area contributed by atoms with E-state index >= 15 is 0 Å². The third kappa shape index (κ3) is 2.77. The Kier molecular flexibility index (Phi) is 3.99. The van der Waals surface area contributed by atoms with Gasteiger partial charge in [0.25, 0.3) is 11.6 Å². The Morgan fingerprint density at radius 3 is 2.85 bits per heavy atom. The molecule has 1 aliphatic rings. The quantitative estimate of drug-likeness (QED) is 0.326. The molecule has 0 saturated carbocycles. The van der Waals surface area contributed by atoms with Crippen molar-refractivity contribution < 1.29 is 14.8 Å². The van der Waals surface area contributed by atoms with Gasteiger partial charge in [0.2, 0.25) is 0 Å². The summed E-state index contributed by atoms with van der Waals surface area (Å²) in [5.74, 6) is -0.429. The number of aliphatic hydroxyl groups excluding tert-OH is 1. The lowest BCUT2D eigenvalue weighted by Crippen LogP contribution is -2.33. The van der Waals surface area contributed by atoms with Crippen LogP contribution in [0.2, 0.25) is 0 Å². The van der Waals surface area contributed by atoms with Crippen molar-refractivity contribution in [1.82, 2.24) is 5.32 Å². The van der Waals surface area contributed by atoms with E-state index in [0.29, 0.717) is 6.42 Å². The summed E-state index contributed by atoms with van der Waals surface area (Å²) in [5, 5.41) is 22.5. The Bertz CT molecular complexity index is 571. The van der Waals surface area contributed by atoms with Crippen molar-refractivity contribution in [3.63, 3.8) is 0 Å². The molecule has 1 amide bonds.